The van der Waals surface area contributed by atoms with Crippen LogP contribution in [0.2, 0.25) is 0 Å². The van der Waals surface area contributed by atoms with Crippen molar-refractivity contribution in [2.24, 2.45) is 0 Å². The average Bonchev–Trinajstić information content (AvgIpc) is 2.54. The van der Waals surface area contributed by atoms with Gasteiger partial charge in [0.05, 0.1) is 13.2 Å². The minimum absolute atomic E-state index is 0.143. The van der Waals surface area contributed by atoms with Crippen LogP contribution in [0.15, 0.2) is 24.3 Å². The number of carbonyl (C=O) groups is 2. The normalized spacial score (nSPS) is 11.1. The van der Waals surface area contributed by atoms with Crippen molar-refractivity contribution >= 4 is 17.7 Å². The first-order valence-corrected chi connectivity index (χ1v) is 9.13. The quantitative estimate of drug-likeness (QED) is 0.482. The summed E-state index contributed by atoms with van der Waals surface area (Å²) in [5.41, 5.74) is 1.04. The third-order valence-electron chi connectivity index (χ3n) is 3.39. The Bertz CT molecular complexity index is 566. The van der Waals surface area contributed by atoms with Gasteiger partial charge in [-0.15, -0.1) is 0 Å². The van der Waals surface area contributed by atoms with E-state index in [0.717, 1.165) is 24.8 Å². The van der Waals surface area contributed by atoms with Crippen molar-refractivity contribution in [1.82, 2.24) is 0 Å². The maximum atomic E-state index is 11.9. The molecule has 0 radical (unpaired) electrons. The molecule has 0 atom stereocenters. The molecule has 0 spiro atoms. The number of hydrogen-bond donors (Lipinski definition) is 1. The van der Waals surface area contributed by atoms with Crippen LogP contribution in [0.4, 0.5) is 10.5 Å². The van der Waals surface area contributed by atoms with E-state index in [-0.39, 0.29) is 5.97 Å². The van der Waals surface area contributed by atoms with Crippen LogP contribution in [0.25, 0.3) is 0 Å². The van der Waals surface area contributed by atoms with E-state index in [9.17, 15) is 9.59 Å². The molecule has 6 nitrogen and oxygen atoms in total. The molecule has 146 valence electrons. The minimum atomic E-state index is -0.543. The fourth-order valence-electron chi connectivity index (χ4n) is 2.25. The lowest BCUT2D eigenvalue weighted by atomic mass is 10.2. The molecule has 1 aromatic rings. The van der Waals surface area contributed by atoms with Crippen molar-refractivity contribution in [1.29, 1.82) is 0 Å². The summed E-state index contributed by atoms with van der Waals surface area (Å²) in [4.78, 5) is 23.1. The van der Waals surface area contributed by atoms with E-state index in [1.54, 1.807) is 6.92 Å². The molecule has 1 N–H and O–H groups in total. The molecule has 0 unspecified atom stereocenters. The van der Waals surface area contributed by atoms with E-state index in [1.807, 2.05) is 45.0 Å². The highest BCUT2D eigenvalue weighted by Gasteiger charge is 2.17. The first-order valence-electron chi connectivity index (χ1n) is 9.13. The molecular formula is C20H31NO5. The lowest BCUT2D eigenvalue weighted by Gasteiger charge is -2.20. The number of ether oxygens (including phenoxy) is 3. The van der Waals surface area contributed by atoms with E-state index in [0.29, 0.717) is 31.9 Å². The molecule has 1 aromatic carbocycles. The van der Waals surface area contributed by atoms with Crippen molar-refractivity contribution in [2.75, 3.05) is 18.5 Å². The Kier molecular flexibility index (Phi) is 9.73. The van der Waals surface area contributed by atoms with E-state index >= 15 is 0 Å². The van der Waals surface area contributed by atoms with Gasteiger partial charge in [-0.05, 0) is 46.6 Å². The summed E-state index contributed by atoms with van der Waals surface area (Å²) in [7, 11) is 0. The maximum absolute atomic E-state index is 11.9. The summed E-state index contributed by atoms with van der Waals surface area (Å²) >= 11 is 0. The topological polar surface area (TPSA) is 73.9 Å². The molecule has 0 heterocycles. The molecule has 0 fully saturated rings. The largest absolute Gasteiger partial charge is 0.466 e. The zero-order chi connectivity index (χ0) is 19.4. The van der Waals surface area contributed by atoms with Crippen molar-refractivity contribution < 1.29 is 23.8 Å². The first kappa shape index (κ1) is 22.0. The first-order chi connectivity index (χ1) is 12.3. The Hall–Kier alpha value is -2.08. The van der Waals surface area contributed by atoms with Gasteiger partial charge < -0.3 is 14.2 Å². The summed E-state index contributed by atoms with van der Waals surface area (Å²) < 4.78 is 15.9. The van der Waals surface area contributed by atoms with Gasteiger partial charge in [0, 0.05) is 24.3 Å². The van der Waals surface area contributed by atoms with Crippen molar-refractivity contribution in [2.45, 2.75) is 65.6 Å². The molecule has 1 rings (SSSR count). The highest BCUT2D eigenvalue weighted by atomic mass is 16.6. The maximum Gasteiger partial charge on any atom is 0.412 e. The van der Waals surface area contributed by atoms with Crippen molar-refractivity contribution in [3.8, 4) is 0 Å². The number of para-hydroxylation sites is 1. The van der Waals surface area contributed by atoms with Crippen LogP contribution in [0.3, 0.4) is 0 Å². The molecule has 0 aliphatic heterocycles. The van der Waals surface area contributed by atoms with Gasteiger partial charge in [0.2, 0.25) is 0 Å². The standard InChI is InChI=1S/C20H31NO5/c1-5-25-18(22)13-7-6-10-14-24-15-16-11-8-9-12-17(16)21-19(23)26-20(2,3)4/h8-9,11-12H,5-7,10,13-15H2,1-4H3,(H,21,23). The highest BCUT2D eigenvalue weighted by molar-refractivity contribution is 5.85. The summed E-state index contributed by atoms with van der Waals surface area (Å²) in [6.07, 6.45) is 2.57. The third kappa shape index (κ3) is 10.0. The van der Waals surface area contributed by atoms with Crippen molar-refractivity contribution in [3.05, 3.63) is 29.8 Å². The second-order valence-corrected chi connectivity index (χ2v) is 6.95. The second kappa shape index (κ2) is 11.5. The third-order valence-corrected chi connectivity index (χ3v) is 3.39. The van der Waals surface area contributed by atoms with Gasteiger partial charge in [-0.25, -0.2) is 4.79 Å². The molecule has 0 aliphatic carbocycles. The van der Waals surface area contributed by atoms with Crippen LogP contribution in [-0.2, 0) is 25.6 Å². The molecule has 1 amide bonds. The zero-order valence-corrected chi connectivity index (χ0v) is 16.3. The number of hydrogen-bond acceptors (Lipinski definition) is 5. The van der Waals surface area contributed by atoms with E-state index < -0.39 is 11.7 Å². The summed E-state index contributed by atoms with van der Waals surface area (Å²) in [5.74, 6) is -0.143. The fourth-order valence-corrected chi connectivity index (χ4v) is 2.25. The fraction of sp³-hybridized carbons (Fsp3) is 0.600. The zero-order valence-electron chi connectivity index (χ0n) is 16.3. The van der Waals surface area contributed by atoms with Crippen LogP contribution < -0.4 is 5.32 Å². The van der Waals surface area contributed by atoms with Gasteiger partial charge >= 0.3 is 12.1 Å². The molecule has 26 heavy (non-hydrogen) atoms. The highest BCUT2D eigenvalue weighted by Crippen LogP contribution is 2.18. The number of unbranched alkanes of at least 4 members (excludes halogenated alkanes) is 2. The number of esters is 1. The van der Waals surface area contributed by atoms with Crippen LogP contribution in [0.5, 0.6) is 0 Å². The van der Waals surface area contributed by atoms with Crippen LogP contribution >= 0.6 is 0 Å². The Morgan fingerprint density at radius 2 is 1.81 bits per heavy atom. The summed E-state index contributed by atoms with van der Waals surface area (Å²) in [6.45, 7) is 8.71. The van der Waals surface area contributed by atoms with E-state index in [4.69, 9.17) is 14.2 Å². The molecule has 6 heteroatoms. The lowest BCUT2D eigenvalue weighted by molar-refractivity contribution is -0.143. The molecule has 0 saturated heterocycles. The van der Waals surface area contributed by atoms with Crippen LogP contribution in [-0.4, -0.2) is 30.9 Å². The lowest BCUT2D eigenvalue weighted by Crippen LogP contribution is -2.27. The predicted molar refractivity (Wildman–Crippen MR) is 101 cm³/mol. The van der Waals surface area contributed by atoms with Gasteiger partial charge in [0.1, 0.15) is 5.60 Å². The Morgan fingerprint density at radius 1 is 1.08 bits per heavy atom. The summed E-state index contributed by atoms with van der Waals surface area (Å²) in [5, 5.41) is 2.76. The van der Waals surface area contributed by atoms with E-state index in [2.05, 4.69) is 5.32 Å². The number of rotatable bonds is 10. The summed E-state index contributed by atoms with van der Waals surface area (Å²) in [6, 6.07) is 7.49. The second-order valence-electron chi connectivity index (χ2n) is 6.95. The van der Waals surface area contributed by atoms with Gasteiger partial charge in [0.15, 0.2) is 0 Å². The number of benzene rings is 1. The number of amides is 1. The van der Waals surface area contributed by atoms with Crippen LogP contribution in [0, 0.1) is 0 Å². The number of carbonyl (C=O) groups excluding carboxylic acids is 2. The van der Waals surface area contributed by atoms with Gasteiger partial charge in [-0.3, -0.25) is 10.1 Å². The van der Waals surface area contributed by atoms with Crippen molar-refractivity contribution in [3.63, 3.8) is 0 Å². The van der Waals surface area contributed by atoms with Gasteiger partial charge in [-0.1, -0.05) is 24.6 Å². The molecule has 0 aliphatic rings. The molecule has 0 bridgehead atoms. The SMILES string of the molecule is CCOC(=O)CCCCCOCc1ccccc1NC(=O)OC(C)(C)C. The number of anilines is 1. The van der Waals surface area contributed by atoms with Crippen LogP contribution in [0.1, 0.15) is 58.9 Å². The molecular weight excluding hydrogens is 334 g/mol. The Morgan fingerprint density at radius 3 is 2.50 bits per heavy atom. The Balaban J connectivity index is 2.31. The smallest absolute Gasteiger partial charge is 0.412 e. The molecule has 0 saturated carbocycles. The Labute approximate surface area is 156 Å². The molecule has 0 aromatic heterocycles. The number of nitrogens with one attached hydrogen (secondary N) is 1. The van der Waals surface area contributed by atoms with Gasteiger partial charge in [-0.2, -0.15) is 0 Å². The average molecular weight is 365 g/mol. The predicted octanol–water partition coefficient (Wildman–Crippen LogP) is 4.67. The van der Waals surface area contributed by atoms with Gasteiger partial charge in [0.25, 0.3) is 0 Å². The van der Waals surface area contributed by atoms with E-state index in [1.165, 1.54) is 0 Å². The minimum Gasteiger partial charge on any atom is -0.466 e. The monoisotopic (exact) mass is 365 g/mol.